The summed E-state index contributed by atoms with van der Waals surface area (Å²) in [5.74, 6) is 1.30. The number of carbonyl (C=O) groups is 1. The molecule has 3 rings (SSSR count). The minimum absolute atomic E-state index is 0.0165. The summed E-state index contributed by atoms with van der Waals surface area (Å²) >= 11 is 3.15. The molecule has 0 saturated heterocycles. The molecule has 3 aromatic rings. The Labute approximate surface area is 155 Å². The monoisotopic (exact) mass is 377 g/mol. The Bertz CT molecular complexity index is 877. The van der Waals surface area contributed by atoms with Gasteiger partial charge in [-0.25, -0.2) is 4.98 Å². The zero-order valence-corrected chi connectivity index (χ0v) is 16.6. The van der Waals surface area contributed by atoms with Crippen molar-refractivity contribution in [2.24, 2.45) is 13.0 Å². The largest absolute Gasteiger partial charge is 0.350 e. The van der Waals surface area contributed by atoms with Gasteiger partial charge in [-0.1, -0.05) is 25.6 Å². The van der Waals surface area contributed by atoms with Crippen LogP contribution in [0.1, 0.15) is 29.2 Å². The highest BCUT2D eigenvalue weighted by Gasteiger charge is 2.16. The van der Waals surface area contributed by atoms with Crippen molar-refractivity contribution in [1.82, 2.24) is 24.6 Å². The molecule has 6 nitrogen and oxygen atoms in total. The lowest BCUT2D eigenvalue weighted by molar-refractivity contribution is 0.0960. The first-order valence-corrected chi connectivity index (χ1v) is 10.1. The van der Waals surface area contributed by atoms with Gasteiger partial charge < -0.3 is 9.88 Å². The summed E-state index contributed by atoms with van der Waals surface area (Å²) in [7, 11) is 1.97. The lowest BCUT2D eigenvalue weighted by Gasteiger charge is -2.05. The molecule has 134 valence electrons. The molecule has 0 unspecified atom stereocenters. The third-order valence-electron chi connectivity index (χ3n) is 3.77. The van der Waals surface area contributed by atoms with Crippen LogP contribution in [0.5, 0.6) is 0 Å². The molecule has 0 radical (unpaired) electrons. The van der Waals surface area contributed by atoms with E-state index in [2.05, 4.69) is 29.2 Å². The average Bonchev–Trinajstić information content (AvgIpc) is 3.22. The van der Waals surface area contributed by atoms with E-state index in [0.29, 0.717) is 12.5 Å². The molecule has 0 aromatic carbocycles. The highest BCUT2D eigenvalue weighted by atomic mass is 32.2. The third kappa shape index (κ3) is 4.07. The van der Waals surface area contributed by atoms with E-state index in [9.17, 15) is 4.79 Å². The van der Waals surface area contributed by atoms with Crippen LogP contribution >= 0.6 is 23.1 Å². The van der Waals surface area contributed by atoms with Crippen molar-refractivity contribution >= 4 is 39.2 Å². The Morgan fingerprint density at radius 2 is 2.24 bits per heavy atom. The van der Waals surface area contributed by atoms with E-state index in [1.165, 1.54) is 11.3 Å². The summed E-state index contributed by atoms with van der Waals surface area (Å²) < 4.78 is 4.00. The molecular formula is C17H23N5OS2. The Balaban J connectivity index is 1.61. The van der Waals surface area contributed by atoms with Crippen LogP contribution in [0.15, 0.2) is 23.6 Å². The molecule has 1 N–H and O–H groups in total. The van der Waals surface area contributed by atoms with Gasteiger partial charge in [-0.15, -0.1) is 11.3 Å². The molecule has 0 atom stereocenters. The fraction of sp³-hybridized carbons (Fsp3) is 0.471. The van der Waals surface area contributed by atoms with Gasteiger partial charge in [0.2, 0.25) is 0 Å². The summed E-state index contributed by atoms with van der Waals surface area (Å²) in [5.41, 5.74) is 0.983. The fourth-order valence-corrected chi connectivity index (χ4v) is 4.45. The quantitative estimate of drug-likeness (QED) is 0.507. The van der Waals surface area contributed by atoms with E-state index in [4.69, 9.17) is 0 Å². The van der Waals surface area contributed by atoms with E-state index in [0.717, 1.165) is 38.2 Å². The van der Waals surface area contributed by atoms with Crippen LogP contribution in [0.3, 0.4) is 0 Å². The number of nitrogens with one attached hydrogen (secondary N) is 1. The van der Waals surface area contributed by atoms with Gasteiger partial charge >= 0.3 is 0 Å². The highest BCUT2D eigenvalue weighted by Crippen LogP contribution is 2.28. The first-order valence-electron chi connectivity index (χ1n) is 8.31. The van der Waals surface area contributed by atoms with Gasteiger partial charge in [0.1, 0.15) is 4.83 Å². The molecule has 0 bridgehead atoms. The van der Waals surface area contributed by atoms with Crippen LogP contribution in [0.4, 0.5) is 0 Å². The van der Waals surface area contributed by atoms with Crippen molar-refractivity contribution in [2.75, 3.05) is 12.3 Å². The van der Waals surface area contributed by atoms with Crippen LogP contribution in [0.2, 0.25) is 0 Å². The topological polar surface area (TPSA) is 64.7 Å². The van der Waals surface area contributed by atoms with Crippen molar-refractivity contribution in [2.45, 2.75) is 32.5 Å². The molecule has 1 amide bonds. The Hall–Kier alpha value is -1.80. The Morgan fingerprint density at radius 3 is 2.92 bits per heavy atom. The summed E-state index contributed by atoms with van der Waals surface area (Å²) in [4.78, 5) is 18.5. The lowest BCUT2D eigenvalue weighted by atomic mass is 10.2. The Morgan fingerprint density at radius 1 is 1.44 bits per heavy atom. The molecule has 0 saturated carbocycles. The van der Waals surface area contributed by atoms with Crippen molar-refractivity contribution in [3.8, 4) is 0 Å². The molecule has 0 aliphatic carbocycles. The standard InChI is InChI=1S/C17H23N5OS2/c1-11(2)10-22-16-13(12(3)20-22)9-14(25-16)15(23)18-6-8-24-17-19-5-7-21(17)4/h5,7,9,11H,6,8,10H2,1-4H3,(H,18,23). The van der Waals surface area contributed by atoms with Crippen molar-refractivity contribution < 1.29 is 4.79 Å². The van der Waals surface area contributed by atoms with Crippen molar-refractivity contribution in [1.29, 1.82) is 0 Å². The number of carbonyl (C=O) groups excluding carboxylic acids is 1. The van der Waals surface area contributed by atoms with Gasteiger partial charge in [0, 0.05) is 43.7 Å². The number of amides is 1. The van der Waals surface area contributed by atoms with Gasteiger partial charge in [0.25, 0.3) is 5.91 Å². The summed E-state index contributed by atoms with van der Waals surface area (Å²) in [6, 6.07) is 1.96. The zero-order chi connectivity index (χ0) is 18.0. The van der Waals surface area contributed by atoms with Crippen LogP contribution in [0.25, 0.3) is 10.2 Å². The molecule has 25 heavy (non-hydrogen) atoms. The van der Waals surface area contributed by atoms with Gasteiger partial charge in [-0.05, 0) is 18.9 Å². The van der Waals surface area contributed by atoms with E-state index >= 15 is 0 Å². The molecule has 0 spiro atoms. The number of fused-ring (bicyclic) bond motifs is 1. The smallest absolute Gasteiger partial charge is 0.261 e. The fourth-order valence-electron chi connectivity index (χ4n) is 2.58. The number of imidazole rings is 1. The number of aryl methyl sites for hydroxylation is 2. The SMILES string of the molecule is Cc1nn(CC(C)C)c2sc(C(=O)NCCSc3nccn3C)cc12. The molecule has 0 aliphatic rings. The van der Waals surface area contributed by atoms with E-state index < -0.39 is 0 Å². The predicted octanol–water partition coefficient (Wildman–Crippen LogP) is 3.32. The first-order chi connectivity index (χ1) is 12.0. The maximum absolute atomic E-state index is 12.4. The van der Waals surface area contributed by atoms with Gasteiger partial charge in [0.05, 0.1) is 10.6 Å². The second-order valence-electron chi connectivity index (χ2n) is 6.42. The van der Waals surface area contributed by atoms with Crippen LogP contribution in [-0.2, 0) is 13.6 Å². The van der Waals surface area contributed by atoms with E-state index in [1.807, 2.05) is 35.5 Å². The summed E-state index contributed by atoms with van der Waals surface area (Å²) in [6.45, 7) is 7.82. The molecule has 0 fully saturated rings. The van der Waals surface area contributed by atoms with Crippen LogP contribution < -0.4 is 5.32 Å². The minimum atomic E-state index is -0.0165. The maximum atomic E-state index is 12.4. The summed E-state index contributed by atoms with van der Waals surface area (Å²) in [6.07, 6.45) is 3.70. The molecular weight excluding hydrogens is 354 g/mol. The first kappa shape index (κ1) is 18.0. The predicted molar refractivity (Wildman–Crippen MR) is 103 cm³/mol. The van der Waals surface area contributed by atoms with Crippen LogP contribution in [-0.4, -0.2) is 37.5 Å². The number of hydrogen-bond acceptors (Lipinski definition) is 5. The number of aromatic nitrogens is 4. The maximum Gasteiger partial charge on any atom is 0.261 e. The van der Waals surface area contributed by atoms with Crippen LogP contribution in [0, 0.1) is 12.8 Å². The minimum Gasteiger partial charge on any atom is -0.350 e. The number of thiophene rings is 1. The normalized spacial score (nSPS) is 11.6. The van der Waals surface area contributed by atoms with Gasteiger partial charge in [0.15, 0.2) is 5.16 Å². The molecule has 8 heteroatoms. The average molecular weight is 378 g/mol. The third-order valence-corrected chi connectivity index (χ3v) is 5.97. The summed E-state index contributed by atoms with van der Waals surface area (Å²) in [5, 5.41) is 9.62. The second-order valence-corrected chi connectivity index (χ2v) is 8.51. The number of thioether (sulfide) groups is 1. The second kappa shape index (κ2) is 7.61. The molecule has 3 heterocycles. The highest BCUT2D eigenvalue weighted by molar-refractivity contribution is 7.99. The molecule has 3 aromatic heterocycles. The number of rotatable bonds is 7. The van der Waals surface area contributed by atoms with Crippen molar-refractivity contribution in [3.05, 3.63) is 29.0 Å². The van der Waals surface area contributed by atoms with Gasteiger partial charge in [-0.3, -0.25) is 9.48 Å². The van der Waals surface area contributed by atoms with Crippen molar-refractivity contribution in [3.63, 3.8) is 0 Å². The van der Waals surface area contributed by atoms with E-state index in [1.54, 1.807) is 18.0 Å². The molecule has 0 aliphatic heterocycles. The van der Waals surface area contributed by atoms with Gasteiger partial charge in [-0.2, -0.15) is 5.10 Å². The lowest BCUT2D eigenvalue weighted by Crippen LogP contribution is -2.25. The Kier molecular flexibility index (Phi) is 5.48. The number of nitrogens with zero attached hydrogens (tertiary/aromatic N) is 4. The number of hydrogen-bond donors (Lipinski definition) is 1. The van der Waals surface area contributed by atoms with E-state index in [-0.39, 0.29) is 5.91 Å². The zero-order valence-electron chi connectivity index (χ0n) is 14.9.